The molecule has 0 aliphatic heterocycles. The van der Waals surface area contributed by atoms with E-state index < -0.39 is 0 Å². The van der Waals surface area contributed by atoms with Gasteiger partial charge in [-0.1, -0.05) is 47.0 Å². The summed E-state index contributed by atoms with van der Waals surface area (Å²) in [7, 11) is 0. The summed E-state index contributed by atoms with van der Waals surface area (Å²) in [5, 5.41) is 0. The number of allylic oxidation sites excluding steroid dienone is 3. The topological polar surface area (TPSA) is 0 Å². The molecule has 0 heterocycles. The Bertz CT molecular complexity index is 389. The van der Waals surface area contributed by atoms with Gasteiger partial charge in [-0.2, -0.15) is 0 Å². The molecule has 0 unspecified atom stereocenters. The summed E-state index contributed by atoms with van der Waals surface area (Å²) >= 11 is 3.62. The third-order valence-electron chi connectivity index (χ3n) is 6.04. The van der Waals surface area contributed by atoms with Crippen LogP contribution in [0.5, 0.6) is 0 Å². The zero-order valence-corrected chi connectivity index (χ0v) is 15.3. The van der Waals surface area contributed by atoms with Gasteiger partial charge in [0, 0.05) is 0 Å². The molecule has 0 N–H and O–H groups in total. The van der Waals surface area contributed by atoms with Gasteiger partial charge < -0.3 is 0 Å². The monoisotopic (exact) mass is 338 g/mol. The van der Waals surface area contributed by atoms with Crippen molar-refractivity contribution in [3.63, 3.8) is 0 Å². The van der Waals surface area contributed by atoms with Crippen molar-refractivity contribution in [1.29, 1.82) is 0 Å². The minimum atomic E-state index is 0.572. The molecule has 0 saturated heterocycles. The third-order valence-corrected chi connectivity index (χ3v) is 6.63. The minimum Gasteiger partial charge on any atom is -0.0859 e. The number of hydrogen-bond acceptors (Lipinski definition) is 0. The average Bonchev–Trinajstić information content (AvgIpc) is 2.75. The molecular formula is C19H31Br. The Morgan fingerprint density at radius 1 is 1.40 bits per heavy atom. The molecule has 0 bridgehead atoms. The van der Waals surface area contributed by atoms with Gasteiger partial charge >= 0.3 is 0 Å². The first-order valence-electron chi connectivity index (χ1n) is 8.41. The molecule has 2 saturated carbocycles. The van der Waals surface area contributed by atoms with Crippen molar-refractivity contribution in [2.75, 3.05) is 0 Å². The van der Waals surface area contributed by atoms with E-state index in [-0.39, 0.29) is 0 Å². The molecule has 0 amide bonds. The first kappa shape index (κ1) is 16.3. The fourth-order valence-corrected chi connectivity index (χ4v) is 5.53. The lowest BCUT2D eigenvalue weighted by molar-refractivity contribution is 0.0948. The van der Waals surface area contributed by atoms with Crippen LogP contribution in [-0.2, 0) is 0 Å². The summed E-state index contributed by atoms with van der Waals surface area (Å²) in [6.07, 6.45) is 12.1. The van der Waals surface area contributed by atoms with Gasteiger partial charge in [0.15, 0.2) is 0 Å². The van der Waals surface area contributed by atoms with E-state index >= 15 is 0 Å². The summed E-state index contributed by atoms with van der Waals surface area (Å²) in [5.41, 5.74) is 3.73. The maximum atomic E-state index is 3.62. The molecule has 2 aliphatic rings. The van der Waals surface area contributed by atoms with Crippen LogP contribution in [0.2, 0.25) is 0 Å². The molecule has 114 valence electrons. The lowest BCUT2D eigenvalue weighted by atomic mass is 9.61. The highest BCUT2D eigenvalue weighted by molar-refractivity contribution is 9.11. The van der Waals surface area contributed by atoms with Crippen LogP contribution < -0.4 is 0 Å². The van der Waals surface area contributed by atoms with Crippen molar-refractivity contribution in [2.24, 2.45) is 23.2 Å². The molecule has 2 aliphatic carbocycles. The largest absolute Gasteiger partial charge is 0.0859 e. The second kappa shape index (κ2) is 6.81. The summed E-state index contributed by atoms with van der Waals surface area (Å²) in [6, 6.07) is 0. The average molecular weight is 339 g/mol. The van der Waals surface area contributed by atoms with Gasteiger partial charge in [0.05, 0.1) is 0 Å². The van der Waals surface area contributed by atoms with Crippen molar-refractivity contribution in [3.8, 4) is 0 Å². The Morgan fingerprint density at radius 3 is 2.80 bits per heavy atom. The minimum absolute atomic E-state index is 0.572. The fourth-order valence-electron chi connectivity index (χ4n) is 4.98. The maximum absolute atomic E-state index is 3.62. The van der Waals surface area contributed by atoms with Crippen LogP contribution >= 0.6 is 15.9 Å². The molecule has 0 radical (unpaired) electrons. The van der Waals surface area contributed by atoms with Crippen molar-refractivity contribution in [3.05, 3.63) is 22.2 Å². The second-order valence-electron chi connectivity index (χ2n) is 7.62. The van der Waals surface area contributed by atoms with Gasteiger partial charge in [0.2, 0.25) is 0 Å². The standard InChI is InChI=1S/C19H31Br/c1-14(2)7-5-8-15(3)17-10-11-18-16(13-20)9-6-12-19(17,18)4/h7,13,15,17-18H,5-6,8-12H2,1-4H3/b16-13+/t15-,17-,18+,19-/m1/s1. The van der Waals surface area contributed by atoms with Gasteiger partial charge in [0.25, 0.3) is 0 Å². The van der Waals surface area contributed by atoms with Crippen LogP contribution in [0.1, 0.15) is 72.6 Å². The highest BCUT2D eigenvalue weighted by Gasteiger charge is 2.50. The quantitative estimate of drug-likeness (QED) is 0.491. The van der Waals surface area contributed by atoms with Gasteiger partial charge in [-0.25, -0.2) is 0 Å². The highest BCUT2D eigenvalue weighted by atomic mass is 79.9. The Hall–Kier alpha value is -0.0400. The van der Waals surface area contributed by atoms with Crippen molar-refractivity contribution in [1.82, 2.24) is 0 Å². The third kappa shape index (κ3) is 3.24. The molecule has 0 aromatic carbocycles. The van der Waals surface area contributed by atoms with Crippen LogP contribution in [0.25, 0.3) is 0 Å². The number of hydrogen-bond donors (Lipinski definition) is 0. The van der Waals surface area contributed by atoms with Crippen molar-refractivity contribution < 1.29 is 0 Å². The van der Waals surface area contributed by atoms with E-state index in [9.17, 15) is 0 Å². The van der Waals surface area contributed by atoms with E-state index in [2.05, 4.69) is 54.7 Å². The van der Waals surface area contributed by atoms with E-state index in [0.717, 1.165) is 17.8 Å². The van der Waals surface area contributed by atoms with E-state index in [1.165, 1.54) is 50.5 Å². The van der Waals surface area contributed by atoms with Crippen LogP contribution in [0.4, 0.5) is 0 Å². The SMILES string of the molecule is CC(C)=CCC[C@@H](C)[C@H]1CC[C@H]2/C(=C/Br)CCC[C@]12C. The van der Waals surface area contributed by atoms with Crippen LogP contribution in [0.15, 0.2) is 22.2 Å². The Morgan fingerprint density at radius 2 is 2.15 bits per heavy atom. The summed E-state index contributed by atoms with van der Waals surface area (Å²) in [4.78, 5) is 2.24. The van der Waals surface area contributed by atoms with Gasteiger partial charge in [-0.05, 0) is 86.9 Å². The van der Waals surface area contributed by atoms with Gasteiger partial charge in [-0.15, -0.1) is 0 Å². The molecule has 2 fully saturated rings. The Kier molecular flexibility index (Phi) is 5.56. The van der Waals surface area contributed by atoms with E-state index in [1.807, 2.05) is 0 Å². The van der Waals surface area contributed by atoms with Crippen molar-refractivity contribution >= 4 is 15.9 Å². The molecule has 0 spiro atoms. The van der Waals surface area contributed by atoms with E-state index in [0.29, 0.717) is 5.41 Å². The van der Waals surface area contributed by atoms with E-state index in [1.54, 1.807) is 5.57 Å². The highest BCUT2D eigenvalue weighted by Crippen LogP contribution is 2.59. The normalized spacial score (nSPS) is 36.8. The zero-order chi connectivity index (χ0) is 14.8. The van der Waals surface area contributed by atoms with E-state index in [4.69, 9.17) is 0 Å². The number of rotatable bonds is 4. The lowest BCUT2D eigenvalue weighted by Crippen LogP contribution is -2.35. The smallest absolute Gasteiger partial charge is 0.0138 e. The number of halogens is 1. The zero-order valence-electron chi connectivity index (χ0n) is 13.7. The Balaban J connectivity index is 2.04. The molecule has 0 aromatic heterocycles. The lowest BCUT2D eigenvalue weighted by Gasteiger charge is -2.44. The van der Waals surface area contributed by atoms with Crippen molar-refractivity contribution in [2.45, 2.75) is 72.6 Å². The number of fused-ring (bicyclic) bond motifs is 1. The predicted molar refractivity (Wildman–Crippen MR) is 93.0 cm³/mol. The van der Waals surface area contributed by atoms with Gasteiger partial charge in [0.1, 0.15) is 0 Å². The van der Waals surface area contributed by atoms with Crippen LogP contribution in [0.3, 0.4) is 0 Å². The Labute approximate surface area is 134 Å². The summed E-state index contributed by atoms with van der Waals surface area (Å²) < 4.78 is 0. The first-order chi connectivity index (χ1) is 9.49. The van der Waals surface area contributed by atoms with Crippen LogP contribution in [-0.4, -0.2) is 0 Å². The van der Waals surface area contributed by atoms with Gasteiger partial charge in [-0.3, -0.25) is 0 Å². The molecule has 1 heteroatoms. The first-order valence-corrected chi connectivity index (χ1v) is 9.33. The summed E-state index contributed by atoms with van der Waals surface area (Å²) in [5.74, 6) is 2.66. The molecule has 2 rings (SSSR count). The molecular weight excluding hydrogens is 308 g/mol. The maximum Gasteiger partial charge on any atom is -0.0138 e. The fraction of sp³-hybridized carbons (Fsp3) is 0.789. The molecule has 4 atom stereocenters. The van der Waals surface area contributed by atoms with Crippen LogP contribution in [0, 0.1) is 23.2 Å². The molecule has 0 aromatic rings. The predicted octanol–water partition coefficient (Wildman–Crippen LogP) is 6.86. The summed E-state index contributed by atoms with van der Waals surface area (Å²) in [6.45, 7) is 9.52. The second-order valence-corrected chi connectivity index (χ2v) is 8.07. The molecule has 0 nitrogen and oxygen atoms in total. The molecule has 20 heavy (non-hydrogen) atoms.